The van der Waals surface area contributed by atoms with E-state index in [9.17, 15) is 4.79 Å². The minimum absolute atomic E-state index is 0.0655. The number of unbranched alkanes of at least 4 members (excludes halogenated alkanes) is 1. The summed E-state index contributed by atoms with van der Waals surface area (Å²) in [5.74, 6) is 0.154. The Hall–Kier alpha value is -0.530. The summed E-state index contributed by atoms with van der Waals surface area (Å²) in [6.07, 6.45) is 2.56. The molecule has 0 N–H and O–H groups in total. The number of rotatable bonds is 4. The maximum absolute atomic E-state index is 11.5. The zero-order valence-corrected chi connectivity index (χ0v) is 9.39. The van der Waals surface area contributed by atoms with Gasteiger partial charge in [-0.05, 0) is 34.1 Å². The van der Waals surface area contributed by atoms with E-state index < -0.39 is 0 Å². The predicted molar refractivity (Wildman–Crippen MR) is 56.3 cm³/mol. The van der Waals surface area contributed by atoms with Crippen molar-refractivity contribution in [3.05, 3.63) is 6.92 Å². The van der Waals surface area contributed by atoms with Crippen molar-refractivity contribution in [2.75, 3.05) is 6.54 Å². The zero-order valence-electron chi connectivity index (χ0n) is 9.39. The third kappa shape index (κ3) is 4.30. The van der Waals surface area contributed by atoms with Gasteiger partial charge in [-0.3, -0.25) is 4.79 Å². The second-order valence-corrected chi connectivity index (χ2v) is 4.32. The van der Waals surface area contributed by atoms with Crippen LogP contribution in [0.5, 0.6) is 0 Å². The molecule has 0 saturated heterocycles. The number of hydrogen-bond acceptors (Lipinski definition) is 1. The van der Waals surface area contributed by atoms with E-state index in [1.807, 2.05) is 4.90 Å². The maximum Gasteiger partial charge on any atom is 0.222 e. The summed E-state index contributed by atoms with van der Waals surface area (Å²) in [6.45, 7) is 12.8. The first kappa shape index (κ1) is 12.5. The van der Waals surface area contributed by atoms with Crippen molar-refractivity contribution in [2.24, 2.45) is 0 Å². The highest BCUT2D eigenvalue weighted by molar-refractivity contribution is 5.77. The third-order valence-corrected chi connectivity index (χ3v) is 2.06. The molecule has 2 nitrogen and oxygen atoms in total. The average molecular weight is 184 g/mol. The van der Waals surface area contributed by atoms with Crippen LogP contribution in [0.25, 0.3) is 0 Å². The minimum Gasteiger partial charge on any atom is -0.338 e. The normalized spacial score (nSPS) is 11.5. The first-order valence-corrected chi connectivity index (χ1v) is 5.03. The van der Waals surface area contributed by atoms with Crippen LogP contribution in [0.3, 0.4) is 0 Å². The Morgan fingerprint density at radius 1 is 1.38 bits per heavy atom. The Labute approximate surface area is 82.3 Å². The van der Waals surface area contributed by atoms with Gasteiger partial charge in [-0.2, -0.15) is 0 Å². The lowest BCUT2D eigenvalue weighted by atomic mass is 10.0. The number of carbonyl (C=O) groups is 1. The minimum atomic E-state index is -0.0655. The van der Waals surface area contributed by atoms with E-state index in [4.69, 9.17) is 0 Å². The van der Waals surface area contributed by atoms with Crippen molar-refractivity contribution in [2.45, 2.75) is 52.5 Å². The summed E-state index contributed by atoms with van der Waals surface area (Å²) in [7, 11) is 0. The van der Waals surface area contributed by atoms with Gasteiger partial charge >= 0.3 is 0 Å². The van der Waals surface area contributed by atoms with Gasteiger partial charge < -0.3 is 4.90 Å². The van der Waals surface area contributed by atoms with Gasteiger partial charge in [-0.15, -0.1) is 0 Å². The second kappa shape index (κ2) is 5.25. The fraction of sp³-hybridized carbons (Fsp3) is 0.818. The van der Waals surface area contributed by atoms with Crippen molar-refractivity contribution in [3.8, 4) is 0 Å². The fourth-order valence-corrected chi connectivity index (χ4v) is 1.29. The summed E-state index contributed by atoms with van der Waals surface area (Å²) in [6, 6.07) is 0. The molecule has 0 aliphatic rings. The van der Waals surface area contributed by atoms with Gasteiger partial charge in [0.15, 0.2) is 0 Å². The molecule has 0 unspecified atom stereocenters. The maximum atomic E-state index is 11.5. The molecule has 0 saturated carbocycles. The molecule has 0 aliphatic carbocycles. The van der Waals surface area contributed by atoms with Crippen LogP contribution in [0, 0.1) is 6.92 Å². The van der Waals surface area contributed by atoms with Gasteiger partial charge in [0.25, 0.3) is 0 Å². The quantitative estimate of drug-likeness (QED) is 0.657. The standard InChI is InChI=1S/C11H22NO/c1-6-8-9-12(10(13)7-2)11(3,4)5/h2,6-9H2,1,3-5H3. The fourth-order valence-electron chi connectivity index (χ4n) is 1.29. The molecule has 0 heterocycles. The Morgan fingerprint density at radius 2 is 1.92 bits per heavy atom. The predicted octanol–water partition coefficient (Wildman–Crippen LogP) is 2.64. The summed E-state index contributed by atoms with van der Waals surface area (Å²) >= 11 is 0. The number of nitrogens with zero attached hydrogens (tertiary/aromatic N) is 1. The monoisotopic (exact) mass is 184 g/mol. The highest BCUT2D eigenvalue weighted by Gasteiger charge is 2.24. The van der Waals surface area contributed by atoms with Crippen LogP contribution in [-0.2, 0) is 4.79 Å². The molecule has 77 valence electrons. The van der Waals surface area contributed by atoms with Crippen molar-refractivity contribution < 1.29 is 4.79 Å². The molecule has 2 heteroatoms. The zero-order chi connectivity index (χ0) is 10.5. The molecule has 0 rings (SSSR count). The third-order valence-electron chi connectivity index (χ3n) is 2.06. The van der Waals surface area contributed by atoms with Gasteiger partial charge in [0.05, 0.1) is 0 Å². The van der Waals surface area contributed by atoms with Crippen LogP contribution in [0.15, 0.2) is 0 Å². The van der Waals surface area contributed by atoms with E-state index in [1.54, 1.807) is 0 Å². The first-order chi connectivity index (χ1) is 5.93. The molecule has 1 amide bonds. The number of hydrogen-bond donors (Lipinski definition) is 0. The molecule has 0 aromatic rings. The van der Waals surface area contributed by atoms with E-state index in [0.717, 1.165) is 19.4 Å². The van der Waals surface area contributed by atoms with Crippen LogP contribution in [0.1, 0.15) is 47.0 Å². The van der Waals surface area contributed by atoms with Gasteiger partial charge in [-0.1, -0.05) is 13.3 Å². The van der Waals surface area contributed by atoms with E-state index in [-0.39, 0.29) is 11.4 Å². The van der Waals surface area contributed by atoms with E-state index in [2.05, 4.69) is 34.6 Å². The van der Waals surface area contributed by atoms with Gasteiger partial charge in [0, 0.05) is 18.5 Å². The van der Waals surface area contributed by atoms with Gasteiger partial charge in [0.2, 0.25) is 5.91 Å². The summed E-state index contributed by atoms with van der Waals surface area (Å²) in [5.41, 5.74) is -0.0655. The second-order valence-electron chi connectivity index (χ2n) is 4.32. The highest BCUT2D eigenvalue weighted by atomic mass is 16.2. The molecule has 0 bridgehead atoms. The lowest BCUT2D eigenvalue weighted by Gasteiger charge is -2.35. The van der Waals surface area contributed by atoms with E-state index >= 15 is 0 Å². The summed E-state index contributed by atoms with van der Waals surface area (Å²) in [4.78, 5) is 13.4. The van der Waals surface area contributed by atoms with Crippen LogP contribution < -0.4 is 0 Å². The molecule has 0 aliphatic heterocycles. The molecule has 0 atom stereocenters. The Morgan fingerprint density at radius 3 is 2.23 bits per heavy atom. The number of carbonyl (C=O) groups excluding carboxylic acids is 1. The summed E-state index contributed by atoms with van der Waals surface area (Å²) in [5, 5.41) is 0. The van der Waals surface area contributed by atoms with Crippen molar-refractivity contribution in [1.82, 2.24) is 4.90 Å². The van der Waals surface area contributed by atoms with Crippen molar-refractivity contribution in [3.63, 3.8) is 0 Å². The Kier molecular flexibility index (Phi) is 5.04. The van der Waals surface area contributed by atoms with Crippen LogP contribution in [0.2, 0.25) is 0 Å². The van der Waals surface area contributed by atoms with E-state index in [0.29, 0.717) is 6.42 Å². The van der Waals surface area contributed by atoms with E-state index in [1.165, 1.54) is 0 Å². The van der Waals surface area contributed by atoms with Crippen LogP contribution in [-0.4, -0.2) is 22.9 Å². The van der Waals surface area contributed by atoms with Gasteiger partial charge in [0.1, 0.15) is 0 Å². The molecule has 0 aromatic heterocycles. The molecular weight excluding hydrogens is 162 g/mol. The topological polar surface area (TPSA) is 20.3 Å². The SMILES string of the molecule is [CH2]CC(=O)N(CCCC)C(C)(C)C. The summed E-state index contributed by atoms with van der Waals surface area (Å²) < 4.78 is 0. The molecular formula is C11H22NO. The van der Waals surface area contributed by atoms with Crippen molar-refractivity contribution >= 4 is 5.91 Å². The molecule has 0 aromatic carbocycles. The van der Waals surface area contributed by atoms with Crippen LogP contribution in [0.4, 0.5) is 0 Å². The largest absolute Gasteiger partial charge is 0.338 e. The Bertz CT molecular complexity index is 158. The average Bonchev–Trinajstić information content (AvgIpc) is 2.02. The van der Waals surface area contributed by atoms with Crippen LogP contribution >= 0.6 is 0 Å². The smallest absolute Gasteiger partial charge is 0.222 e. The Balaban J connectivity index is 4.28. The molecule has 1 radical (unpaired) electrons. The lowest BCUT2D eigenvalue weighted by molar-refractivity contribution is -0.135. The molecule has 13 heavy (non-hydrogen) atoms. The van der Waals surface area contributed by atoms with Crippen molar-refractivity contribution in [1.29, 1.82) is 0 Å². The number of amides is 1. The van der Waals surface area contributed by atoms with Gasteiger partial charge in [-0.25, -0.2) is 0 Å². The molecule has 0 spiro atoms. The lowest BCUT2D eigenvalue weighted by Crippen LogP contribution is -2.45. The highest BCUT2D eigenvalue weighted by Crippen LogP contribution is 2.15. The first-order valence-electron chi connectivity index (χ1n) is 5.03. The molecule has 0 fully saturated rings.